The van der Waals surface area contributed by atoms with Gasteiger partial charge in [0, 0.05) is 18.8 Å². The topological polar surface area (TPSA) is 29.9 Å². The predicted molar refractivity (Wildman–Crippen MR) is 57.4 cm³/mol. The predicted octanol–water partition coefficient (Wildman–Crippen LogP) is 2.29. The lowest BCUT2D eigenvalue weighted by Gasteiger charge is -2.12. The van der Waals surface area contributed by atoms with Gasteiger partial charge in [0.05, 0.1) is 18.3 Å². The first-order valence-electron chi connectivity index (χ1n) is 5.80. The fraction of sp³-hybridized carbons (Fsp3) is 0.727. The SMILES string of the molecule is CC(NCCn1cc(C(F)(F)F)cn1)C1CC1. The zero-order valence-electron chi connectivity index (χ0n) is 9.67. The molecule has 1 aromatic heterocycles. The number of aromatic nitrogens is 2. The summed E-state index contributed by atoms with van der Waals surface area (Å²) in [7, 11) is 0. The van der Waals surface area contributed by atoms with E-state index in [1.165, 1.54) is 17.5 Å². The van der Waals surface area contributed by atoms with Crippen LogP contribution in [-0.4, -0.2) is 22.4 Å². The van der Waals surface area contributed by atoms with E-state index < -0.39 is 11.7 Å². The normalized spacial score (nSPS) is 18.4. The molecule has 1 fully saturated rings. The van der Waals surface area contributed by atoms with E-state index in [0.717, 1.165) is 18.3 Å². The number of halogens is 3. The maximum absolute atomic E-state index is 12.3. The lowest BCUT2D eigenvalue weighted by Crippen LogP contribution is -2.31. The molecule has 0 spiro atoms. The summed E-state index contributed by atoms with van der Waals surface area (Å²) in [6.45, 7) is 3.23. The monoisotopic (exact) mass is 247 g/mol. The number of rotatable bonds is 5. The highest BCUT2D eigenvalue weighted by Crippen LogP contribution is 2.32. The molecule has 0 aliphatic heterocycles. The first kappa shape index (κ1) is 12.4. The molecule has 3 nitrogen and oxygen atoms in total. The van der Waals surface area contributed by atoms with E-state index in [4.69, 9.17) is 0 Å². The van der Waals surface area contributed by atoms with Crippen LogP contribution in [0.2, 0.25) is 0 Å². The lowest BCUT2D eigenvalue weighted by atomic mass is 10.2. The van der Waals surface area contributed by atoms with Gasteiger partial charge in [-0.25, -0.2) is 0 Å². The maximum atomic E-state index is 12.3. The molecule has 1 atom stereocenters. The van der Waals surface area contributed by atoms with E-state index in [1.807, 2.05) is 0 Å². The van der Waals surface area contributed by atoms with Crippen LogP contribution in [-0.2, 0) is 12.7 Å². The molecule has 0 saturated heterocycles. The van der Waals surface area contributed by atoms with Gasteiger partial charge in [-0.05, 0) is 25.7 Å². The van der Waals surface area contributed by atoms with Crippen molar-refractivity contribution in [2.75, 3.05) is 6.54 Å². The van der Waals surface area contributed by atoms with Crippen LogP contribution in [0.3, 0.4) is 0 Å². The van der Waals surface area contributed by atoms with Gasteiger partial charge in [0.1, 0.15) is 0 Å². The van der Waals surface area contributed by atoms with E-state index in [1.54, 1.807) is 0 Å². The van der Waals surface area contributed by atoms with E-state index in [-0.39, 0.29) is 0 Å². The summed E-state index contributed by atoms with van der Waals surface area (Å²) in [5.74, 6) is 0.748. The Kier molecular flexibility index (Phi) is 3.42. The van der Waals surface area contributed by atoms with Crippen LogP contribution in [0.15, 0.2) is 12.4 Å². The lowest BCUT2D eigenvalue weighted by molar-refractivity contribution is -0.137. The van der Waals surface area contributed by atoms with Crippen LogP contribution in [0.5, 0.6) is 0 Å². The molecule has 2 rings (SSSR count). The molecule has 96 valence electrons. The largest absolute Gasteiger partial charge is 0.419 e. The van der Waals surface area contributed by atoms with Crippen LogP contribution in [0, 0.1) is 5.92 Å². The minimum absolute atomic E-state index is 0.452. The van der Waals surface area contributed by atoms with Crippen LogP contribution in [0.1, 0.15) is 25.3 Å². The molecule has 1 unspecified atom stereocenters. The first-order chi connectivity index (χ1) is 7.97. The Labute approximate surface area is 98.0 Å². The summed E-state index contributed by atoms with van der Waals surface area (Å²) in [4.78, 5) is 0. The first-order valence-corrected chi connectivity index (χ1v) is 5.80. The third kappa shape index (κ3) is 3.46. The van der Waals surface area contributed by atoms with Gasteiger partial charge in [-0.2, -0.15) is 18.3 Å². The quantitative estimate of drug-likeness (QED) is 0.865. The summed E-state index contributed by atoms with van der Waals surface area (Å²) in [5, 5.41) is 7.00. The number of hydrogen-bond donors (Lipinski definition) is 1. The minimum Gasteiger partial charge on any atom is -0.312 e. The standard InChI is InChI=1S/C11H16F3N3/c1-8(9-2-3-9)15-4-5-17-7-10(6-16-17)11(12,13)14/h6-9,15H,2-5H2,1H3. The van der Waals surface area contributed by atoms with Gasteiger partial charge in [-0.3, -0.25) is 4.68 Å². The third-order valence-corrected chi connectivity index (χ3v) is 3.10. The Hall–Kier alpha value is -1.04. The zero-order chi connectivity index (χ0) is 12.5. The molecule has 1 aliphatic carbocycles. The number of nitrogens with one attached hydrogen (secondary N) is 1. The summed E-state index contributed by atoms with van der Waals surface area (Å²) in [6, 6.07) is 0.452. The fourth-order valence-corrected chi connectivity index (χ4v) is 1.80. The Balaban J connectivity index is 1.77. The van der Waals surface area contributed by atoms with Gasteiger partial charge in [0.15, 0.2) is 0 Å². The molecule has 1 saturated carbocycles. The summed E-state index contributed by atoms with van der Waals surface area (Å²) in [6.07, 6.45) is 0.128. The number of hydrogen-bond acceptors (Lipinski definition) is 2. The smallest absolute Gasteiger partial charge is 0.312 e. The van der Waals surface area contributed by atoms with Gasteiger partial charge in [-0.1, -0.05) is 0 Å². The molecule has 6 heteroatoms. The number of alkyl halides is 3. The Morgan fingerprint density at radius 1 is 1.53 bits per heavy atom. The van der Waals surface area contributed by atoms with Gasteiger partial charge >= 0.3 is 6.18 Å². The molecule has 1 N–H and O–H groups in total. The molecule has 17 heavy (non-hydrogen) atoms. The summed E-state index contributed by atoms with van der Waals surface area (Å²) >= 11 is 0. The van der Waals surface area contributed by atoms with Crippen molar-refractivity contribution < 1.29 is 13.2 Å². The number of nitrogens with zero attached hydrogens (tertiary/aromatic N) is 2. The molecule has 1 aromatic rings. The second kappa shape index (κ2) is 4.68. The minimum atomic E-state index is -4.30. The van der Waals surface area contributed by atoms with Crippen molar-refractivity contribution in [2.24, 2.45) is 5.92 Å². The highest BCUT2D eigenvalue weighted by atomic mass is 19.4. The molecular weight excluding hydrogens is 231 g/mol. The van der Waals surface area contributed by atoms with Crippen LogP contribution >= 0.6 is 0 Å². The van der Waals surface area contributed by atoms with Crippen molar-refractivity contribution in [1.82, 2.24) is 15.1 Å². The van der Waals surface area contributed by atoms with Crippen LogP contribution < -0.4 is 5.32 Å². The van der Waals surface area contributed by atoms with E-state index in [9.17, 15) is 13.2 Å². The summed E-state index contributed by atoms with van der Waals surface area (Å²) in [5.41, 5.74) is -0.687. The van der Waals surface area contributed by atoms with Gasteiger partial charge in [0.2, 0.25) is 0 Å². The van der Waals surface area contributed by atoms with Crippen molar-refractivity contribution in [3.05, 3.63) is 18.0 Å². The molecular formula is C11H16F3N3. The Bertz CT molecular complexity index is 368. The third-order valence-electron chi connectivity index (χ3n) is 3.10. The van der Waals surface area contributed by atoms with E-state index in [2.05, 4.69) is 17.3 Å². The molecule has 0 radical (unpaired) electrons. The second-order valence-electron chi connectivity index (χ2n) is 4.57. The van der Waals surface area contributed by atoms with Crippen molar-refractivity contribution in [3.8, 4) is 0 Å². The molecule has 0 aromatic carbocycles. The Morgan fingerprint density at radius 3 is 2.76 bits per heavy atom. The van der Waals surface area contributed by atoms with Gasteiger partial charge in [0.25, 0.3) is 0 Å². The molecule has 0 bridgehead atoms. The van der Waals surface area contributed by atoms with E-state index >= 15 is 0 Å². The molecule has 1 aliphatic rings. The van der Waals surface area contributed by atoms with Gasteiger partial charge < -0.3 is 5.32 Å². The van der Waals surface area contributed by atoms with Crippen LogP contribution in [0.4, 0.5) is 13.2 Å². The second-order valence-corrected chi connectivity index (χ2v) is 4.57. The summed E-state index contributed by atoms with van der Waals surface area (Å²) < 4.78 is 38.2. The van der Waals surface area contributed by atoms with Crippen molar-refractivity contribution in [3.63, 3.8) is 0 Å². The highest BCUT2D eigenvalue weighted by molar-refractivity contribution is 5.08. The average molecular weight is 247 g/mol. The van der Waals surface area contributed by atoms with Crippen molar-refractivity contribution in [2.45, 2.75) is 38.5 Å². The van der Waals surface area contributed by atoms with Crippen LogP contribution in [0.25, 0.3) is 0 Å². The zero-order valence-corrected chi connectivity index (χ0v) is 9.67. The van der Waals surface area contributed by atoms with E-state index in [0.29, 0.717) is 19.1 Å². The molecule has 1 heterocycles. The highest BCUT2D eigenvalue weighted by Gasteiger charge is 2.32. The van der Waals surface area contributed by atoms with Gasteiger partial charge in [-0.15, -0.1) is 0 Å². The fourth-order valence-electron chi connectivity index (χ4n) is 1.80. The van der Waals surface area contributed by atoms with Crippen molar-refractivity contribution >= 4 is 0 Å². The average Bonchev–Trinajstić information content (AvgIpc) is 2.97. The van der Waals surface area contributed by atoms with Crippen molar-refractivity contribution in [1.29, 1.82) is 0 Å². The molecule has 0 amide bonds. The maximum Gasteiger partial charge on any atom is 0.419 e. The Morgan fingerprint density at radius 2 is 2.24 bits per heavy atom.